The fraction of sp³-hybridized carbons (Fsp3) is 0.938. The molecule has 0 radical (unpaired) electrons. The van der Waals surface area contributed by atoms with E-state index in [2.05, 4.69) is 0 Å². The van der Waals surface area contributed by atoms with Gasteiger partial charge in [0.2, 0.25) is 0 Å². The minimum absolute atomic E-state index is 0.0919. The van der Waals surface area contributed by atoms with Crippen LogP contribution in [0.3, 0.4) is 0 Å². The predicted molar refractivity (Wildman–Crippen MR) is 86.1 cm³/mol. The highest BCUT2D eigenvalue weighted by Gasteiger charge is 2.60. The molecule has 1 N–H and O–H groups in total. The highest BCUT2D eigenvalue weighted by molar-refractivity contribution is 7.87. The first-order chi connectivity index (χ1) is 12.6. The van der Waals surface area contributed by atoms with Crippen molar-refractivity contribution in [1.82, 2.24) is 0 Å². The molecule has 2 unspecified atom stereocenters. The van der Waals surface area contributed by atoms with Gasteiger partial charge in [-0.15, -0.1) is 0 Å². The number of alkyl halides is 2. The average molecular weight is 414 g/mol. The molecule has 0 aromatic rings. The highest BCUT2D eigenvalue weighted by atomic mass is 32.2. The Morgan fingerprint density at radius 3 is 2.33 bits per heavy atom. The summed E-state index contributed by atoms with van der Waals surface area (Å²) in [4.78, 5) is 11.7. The van der Waals surface area contributed by atoms with E-state index in [0.29, 0.717) is 25.4 Å². The van der Waals surface area contributed by atoms with Crippen molar-refractivity contribution in [2.45, 2.75) is 43.5 Å². The summed E-state index contributed by atoms with van der Waals surface area (Å²) in [5.41, 5.74) is -0.110. The van der Waals surface area contributed by atoms with Crippen molar-refractivity contribution < 1.29 is 45.5 Å². The second-order valence-electron chi connectivity index (χ2n) is 7.91. The summed E-state index contributed by atoms with van der Waals surface area (Å²) in [6.07, 6.45) is 2.99. The molecule has 4 saturated carbocycles. The Balaban J connectivity index is 1.62. The molecular weight excluding hydrogens is 390 g/mol. The Bertz CT molecular complexity index is 651. The number of rotatable bonds is 9. The number of carbonyl (C=O) groups excluding carboxylic acids is 1. The maximum absolute atomic E-state index is 13.5. The van der Waals surface area contributed by atoms with Crippen molar-refractivity contribution in [1.29, 1.82) is 0 Å². The van der Waals surface area contributed by atoms with Crippen molar-refractivity contribution in [3.63, 3.8) is 0 Å². The van der Waals surface area contributed by atoms with Crippen LogP contribution in [0.2, 0.25) is 0 Å². The van der Waals surface area contributed by atoms with Gasteiger partial charge in [0.15, 0.2) is 0 Å². The van der Waals surface area contributed by atoms with E-state index in [4.69, 9.17) is 23.5 Å². The fourth-order valence-corrected chi connectivity index (χ4v) is 5.51. The van der Waals surface area contributed by atoms with Gasteiger partial charge >= 0.3 is 21.3 Å². The lowest BCUT2D eigenvalue weighted by Crippen LogP contribution is -2.57. The Kier molecular flexibility index (Phi) is 5.80. The number of carbonyl (C=O) groups is 1. The van der Waals surface area contributed by atoms with E-state index in [1.54, 1.807) is 0 Å². The molecule has 27 heavy (non-hydrogen) atoms. The summed E-state index contributed by atoms with van der Waals surface area (Å²) >= 11 is 0. The molecule has 4 aliphatic carbocycles. The van der Waals surface area contributed by atoms with Crippen LogP contribution in [0.25, 0.3) is 0 Å². The van der Waals surface area contributed by atoms with Gasteiger partial charge in [0.1, 0.15) is 19.7 Å². The third-order valence-electron chi connectivity index (χ3n) is 5.89. The monoisotopic (exact) mass is 414 g/mol. The first-order valence-corrected chi connectivity index (χ1v) is 10.2. The van der Waals surface area contributed by atoms with Crippen molar-refractivity contribution in [3.8, 4) is 0 Å². The van der Waals surface area contributed by atoms with Crippen LogP contribution in [0.15, 0.2) is 0 Å². The number of esters is 1. The zero-order chi connectivity index (χ0) is 19.9. The van der Waals surface area contributed by atoms with Crippen molar-refractivity contribution in [3.05, 3.63) is 0 Å². The van der Waals surface area contributed by atoms with E-state index in [-0.39, 0.29) is 30.8 Å². The number of hydrogen-bond donors (Lipinski definition) is 1. The lowest BCUT2D eigenvalue weighted by atomic mass is 9.49. The van der Waals surface area contributed by atoms with Crippen molar-refractivity contribution in [2.75, 3.05) is 27.3 Å². The van der Waals surface area contributed by atoms with Gasteiger partial charge in [-0.1, -0.05) is 0 Å². The molecule has 0 aromatic carbocycles. The average Bonchev–Trinajstić information content (AvgIpc) is 2.56. The van der Waals surface area contributed by atoms with Crippen LogP contribution in [0, 0.1) is 23.2 Å². The van der Waals surface area contributed by atoms with Gasteiger partial charge < -0.3 is 18.9 Å². The molecule has 4 aliphatic rings. The third kappa shape index (κ3) is 4.12. The third-order valence-corrected chi connectivity index (χ3v) is 6.71. The minimum Gasteiger partial charge on any atom is -0.456 e. The zero-order valence-electron chi connectivity index (χ0n) is 14.9. The van der Waals surface area contributed by atoms with Crippen LogP contribution < -0.4 is 0 Å². The van der Waals surface area contributed by atoms with Crippen LogP contribution in [-0.2, 0) is 33.9 Å². The Morgan fingerprint density at radius 2 is 1.78 bits per heavy atom. The lowest BCUT2D eigenvalue weighted by Gasteiger charge is -2.59. The Morgan fingerprint density at radius 1 is 1.15 bits per heavy atom. The van der Waals surface area contributed by atoms with Crippen LogP contribution in [0.1, 0.15) is 32.1 Å². The van der Waals surface area contributed by atoms with Gasteiger partial charge in [0.05, 0.1) is 6.61 Å². The summed E-state index contributed by atoms with van der Waals surface area (Å²) in [7, 11) is -4.36. The van der Waals surface area contributed by atoms with E-state index < -0.39 is 27.4 Å². The molecule has 0 amide bonds. The van der Waals surface area contributed by atoms with Gasteiger partial charge in [-0.3, -0.25) is 4.55 Å². The second-order valence-corrected chi connectivity index (χ2v) is 9.37. The molecule has 4 bridgehead atoms. The topological polar surface area (TPSA) is 108 Å². The van der Waals surface area contributed by atoms with E-state index in [9.17, 15) is 22.0 Å². The maximum Gasteiger partial charge on any atom is 0.465 e. The molecule has 0 spiro atoms. The number of hydrogen-bond acceptors (Lipinski definition) is 7. The predicted octanol–water partition coefficient (Wildman–Crippen LogP) is 1.80. The molecule has 0 aromatic heterocycles. The van der Waals surface area contributed by atoms with Crippen LogP contribution in [0.4, 0.5) is 8.78 Å². The lowest BCUT2D eigenvalue weighted by molar-refractivity contribution is -0.207. The first kappa shape index (κ1) is 20.8. The molecule has 11 heteroatoms. The van der Waals surface area contributed by atoms with E-state index in [1.807, 2.05) is 0 Å². The molecule has 0 heterocycles. The molecule has 4 fully saturated rings. The molecule has 0 saturated heterocycles. The van der Waals surface area contributed by atoms with Gasteiger partial charge in [-0.05, 0) is 55.3 Å². The molecule has 4 rings (SSSR count). The zero-order valence-corrected chi connectivity index (χ0v) is 15.8. The fourth-order valence-electron chi connectivity index (χ4n) is 5.25. The van der Waals surface area contributed by atoms with Crippen LogP contribution in [0.5, 0.6) is 0 Å². The largest absolute Gasteiger partial charge is 0.465 e. The number of ether oxygens (including phenoxy) is 4. The minimum atomic E-state index is -5.86. The van der Waals surface area contributed by atoms with E-state index in [0.717, 1.165) is 19.3 Å². The van der Waals surface area contributed by atoms with E-state index >= 15 is 0 Å². The molecule has 2 atom stereocenters. The highest BCUT2D eigenvalue weighted by Crippen LogP contribution is 2.61. The summed E-state index contributed by atoms with van der Waals surface area (Å²) in [6, 6.07) is 0. The number of halogens is 2. The Hall–Kier alpha value is -0.880. The molecule has 156 valence electrons. The standard InChI is InChI=1S/C16H24F2O8S/c1-23-8-25-9-24-7-15-4-10-2-11(5-15)13(12(3-10)6-15)26-14(19)16(17,18)27(20,21)22/h10-13H,2-9H2,1H3,(H,20,21,22). The number of methoxy groups -OCH3 is 1. The van der Waals surface area contributed by atoms with Gasteiger partial charge in [-0.2, -0.15) is 17.2 Å². The normalized spacial score (nSPS) is 35.4. The maximum atomic E-state index is 13.5. The van der Waals surface area contributed by atoms with Crippen molar-refractivity contribution >= 4 is 16.1 Å². The van der Waals surface area contributed by atoms with E-state index in [1.165, 1.54) is 7.11 Å². The smallest absolute Gasteiger partial charge is 0.456 e. The SMILES string of the molecule is COCOCOCC12CC3CC(C1)C(OC(=O)C(F)(F)S(=O)(=O)O)C(C3)C2. The van der Waals surface area contributed by atoms with Gasteiger partial charge in [0.25, 0.3) is 0 Å². The molecule has 0 aliphatic heterocycles. The van der Waals surface area contributed by atoms with Crippen molar-refractivity contribution in [2.24, 2.45) is 23.2 Å². The van der Waals surface area contributed by atoms with Gasteiger partial charge in [0, 0.05) is 7.11 Å². The quantitative estimate of drug-likeness (QED) is 0.263. The molecular formula is C16H24F2O8S. The first-order valence-electron chi connectivity index (χ1n) is 8.78. The van der Waals surface area contributed by atoms with Crippen LogP contribution >= 0.6 is 0 Å². The summed E-state index contributed by atoms with van der Waals surface area (Å²) in [5.74, 6) is -2.05. The molecule has 8 nitrogen and oxygen atoms in total. The van der Waals surface area contributed by atoms with Gasteiger partial charge in [-0.25, -0.2) is 4.79 Å². The summed E-state index contributed by atoms with van der Waals surface area (Å²) < 4.78 is 77.5. The van der Waals surface area contributed by atoms with Crippen LogP contribution in [-0.4, -0.2) is 57.6 Å². The summed E-state index contributed by atoms with van der Waals surface area (Å²) in [6.45, 7) is 0.678. The summed E-state index contributed by atoms with van der Waals surface area (Å²) in [5, 5.41) is -4.96. The second kappa shape index (κ2) is 7.51. The Labute approximate surface area is 156 Å².